The Hall–Kier alpha value is -0.990. The van der Waals surface area contributed by atoms with E-state index in [9.17, 15) is 18.3 Å². The molecule has 18 heavy (non-hydrogen) atoms. The predicted molar refractivity (Wildman–Crippen MR) is 55.2 cm³/mol. The Morgan fingerprint density at radius 3 is 2.56 bits per heavy atom. The van der Waals surface area contributed by atoms with E-state index >= 15 is 0 Å². The summed E-state index contributed by atoms with van der Waals surface area (Å²) in [6, 6.07) is 0. The van der Waals surface area contributed by atoms with Crippen LogP contribution in [0.3, 0.4) is 0 Å². The summed E-state index contributed by atoms with van der Waals surface area (Å²) in [6.45, 7) is 0.941. The number of halogens is 3. The first-order chi connectivity index (χ1) is 8.29. The van der Waals surface area contributed by atoms with Crippen LogP contribution in [0.2, 0.25) is 0 Å². The molecule has 8 heteroatoms. The van der Waals surface area contributed by atoms with Crippen LogP contribution in [0.25, 0.3) is 0 Å². The minimum Gasteiger partial charge on any atom is -0.470 e. The van der Waals surface area contributed by atoms with E-state index < -0.39 is 18.3 Å². The average Bonchev–Trinajstić information content (AvgIpc) is 2.43. The van der Waals surface area contributed by atoms with Crippen LogP contribution in [0, 0.1) is 0 Å². The molecule has 1 fully saturated rings. The monoisotopic (exact) mass is 268 g/mol. The molecule has 0 bridgehead atoms. The second-order valence-corrected chi connectivity index (χ2v) is 4.51. The Balaban J connectivity index is 2.29. The van der Waals surface area contributed by atoms with Crippen LogP contribution in [-0.4, -0.2) is 54.8 Å². The van der Waals surface area contributed by atoms with Gasteiger partial charge in [-0.15, -0.1) is 0 Å². The predicted octanol–water partition coefficient (Wildman–Crippen LogP) is 0.377. The molecule has 0 amide bonds. The number of hydrogen-bond donors (Lipinski definition) is 2. The largest absolute Gasteiger partial charge is 0.470 e. The normalized spacial score (nSPS) is 29.8. The highest BCUT2D eigenvalue weighted by atomic mass is 19.4. The summed E-state index contributed by atoms with van der Waals surface area (Å²) in [7, 11) is 1.42. The first-order valence-electron chi connectivity index (χ1n) is 5.46. The lowest BCUT2D eigenvalue weighted by atomic mass is 9.94. The highest BCUT2D eigenvalue weighted by molar-refractivity contribution is 5.29. The van der Waals surface area contributed by atoms with Gasteiger partial charge in [0.1, 0.15) is 6.10 Å². The third kappa shape index (κ3) is 1.94. The number of ether oxygens (including phenoxy) is 2. The summed E-state index contributed by atoms with van der Waals surface area (Å²) in [6.07, 6.45) is -4.79. The van der Waals surface area contributed by atoms with E-state index in [-0.39, 0.29) is 17.6 Å². The van der Waals surface area contributed by atoms with E-state index in [1.165, 1.54) is 7.05 Å². The third-order valence-electron chi connectivity index (χ3n) is 3.17. The number of rotatable bonds is 3. The molecule has 0 spiro atoms. The van der Waals surface area contributed by atoms with Crippen molar-refractivity contribution in [1.82, 2.24) is 10.4 Å². The Morgan fingerprint density at radius 2 is 2.17 bits per heavy atom. The van der Waals surface area contributed by atoms with Gasteiger partial charge in [0.25, 0.3) is 0 Å². The molecular formula is C10H15F3N2O3. The summed E-state index contributed by atoms with van der Waals surface area (Å²) in [4.78, 5) is 0. The highest BCUT2D eigenvalue weighted by Gasteiger charge is 2.59. The first kappa shape index (κ1) is 13.4. The second kappa shape index (κ2) is 4.29. The van der Waals surface area contributed by atoms with Crippen LogP contribution in [0.4, 0.5) is 13.2 Å². The van der Waals surface area contributed by atoms with E-state index in [2.05, 4.69) is 5.43 Å². The lowest BCUT2D eigenvalue weighted by Crippen LogP contribution is -2.56. The molecule has 104 valence electrons. The van der Waals surface area contributed by atoms with E-state index in [0.717, 1.165) is 11.9 Å². The zero-order valence-corrected chi connectivity index (χ0v) is 10.0. The van der Waals surface area contributed by atoms with Crippen molar-refractivity contribution in [1.29, 1.82) is 0 Å². The number of hydrazine groups is 1. The van der Waals surface area contributed by atoms with Gasteiger partial charge in [-0.25, -0.2) is 5.43 Å². The Labute approximate surface area is 102 Å². The Morgan fingerprint density at radius 1 is 1.56 bits per heavy atom. The van der Waals surface area contributed by atoms with Crippen molar-refractivity contribution >= 4 is 0 Å². The molecule has 0 aromatic rings. The van der Waals surface area contributed by atoms with Crippen molar-refractivity contribution in [2.75, 3.05) is 26.9 Å². The van der Waals surface area contributed by atoms with Crippen molar-refractivity contribution in [2.45, 2.75) is 24.7 Å². The van der Waals surface area contributed by atoms with Crippen LogP contribution >= 0.6 is 0 Å². The molecule has 0 radical (unpaired) electrons. The minimum atomic E-state index is -4.53. The molecule has 2 aliphatic heterocycles. The van der Waals surface area contributed by atoms with E-state index in [4.69, 9.17) is 9.47 Å². The van der Waals surface area contributed by atoms with E-state index in [1.54, 1.807) is 0 Å². The van der Waals surface area contributed by atoms with Crippen molar-refractivity contribution in [2.24, 2.45) is 0 Å². The maximum atomic E-state index is 13.0. The fraction of sp³-hybridized carbons (Fsp3) is 0.800. The summed E-state index contributed by atoms with van der Waals surface area (Å²) < 4.78 is 49.5. The zero-order valence-electron chi connectivity index (χ0n) is 10.0. The summed E-state index contributed by atoms with van der Waals surface area (Å²) >= 11 is 0. The molecular weight excluding hydrogens is 253 g/mol. The molecule has 1 unspecified atom stereocenters. The molecule has 0 aromatic heterocycles. The standard InChI is InChI=1S/C10H15F3N2O3/c1-9(10(11,12)13)7(3-16)8(15(2)14-9)18-6-4-17-5-6/h6,14,16H,3-5H2,1-2H3. The number of nitrogens with zero attached hydrogens (tertiary/aromatic N) is 1. The summed E-state index contributed by atoms with van der Waals surface area (Å²) in [5.41, 5.74) is -0.244. The molecule has 2 heterocycles. The minimum absolute atomic E-state index is 0.0191. The molecule has 1 atom stereocenters. The van der Waals surface area contributed by atoms with Crippen molar-refractivity contribution in [3.63, 3.8) is 0 Å². The maximum absolute atomic E-state index is 13.0. The molecule has 0 aliphatic carbocycles. The lowest BCUT2D eigenvalue weighted by Gasteiger charge is -2.30. The maximum Gasteiger partial charge on any atom is 0.412 e. The SMILES string of the molecule is CN1NC(C)(C(F)(F)F)C(CO)=C1OC1COC1. The number of alkyl halides is 3. The van der Waals surface area contributed by atoms with Gasteiger partial charge in [0, 0.05) is 12.6 Å². The number of aliphatic hydroxyl groups is 1. The van der Waals surface area contributed by atoms with Gasteiger partial charge in [-0.3, -0.25) is 5.01 Å². The van der Waals surface area contributed by atoms with Crippen LogP contribution < -0.4 is 5.43 Å². The average molecular weight is 268 g/mol. The van der Waals surface area contributed by atoms with Crippen LogP contribution in [0.1, 0.15) is 6.92 Å². The van der Waals surface area contributed by atoms with Gasteiger partial charge in [0.05, 0.1) is 19.8 Å². The second-order valence-electron chi connectivity index (χ2n) is 4.51. The fourth-order valence-electron chi connectivity index (χ4n) is 1.92. The van der Waals surface area contributed by atoms with Gasteiger partial charge in [0.2, 0.25) is 5.88 Å². The van der Waals surface area contributed by atoms with Gasteiger partial charge in [-0.1, -0.05) is 0 Å². The number of hydrogen-bond acceptors (Lipinski definition) is 5. The Bertz CT molecular complexity index is 368. The first-order valence-corrected chi connectivity index (χ1v) is 5.46. The van der Waals surface area contributed by atoms with Crippen molar-refractivity contribution in [3.05, 3.63) is 11.5 Å². The quantitative estimate of drug-likeness (QED) is 0.775. The summed E-state index contributed by atoms with van der Waals surface area (Å²) in [5, 5.41) is 10.4. The zero-order chi connectivity index (χ0) is 13.6. The van der Waals surface area contributed by atoms with Crippen molar-refractivity contribution in [3.8, 4) is 0 Å². The van der Waals surface area contributed by atoms with Gasteiger partial charge in [0.15, 0.2) is 5.54 Å². The summed E-state index contributed by atoms with van der Waals surface area (Å²) in [5.74, 6) is 0.0191. The molecule has 2 rings (SSSR count). The molecule has 2 N–H and O–H groups in total. The van der Waals surface area contributed by atoms with Gasteiger partial charge < -0.3 is 14.6 Å². The van der Waals surface area contributed by atoms with Gasteiger partial charge >= 0.3 is 6.18 Å². The van der Waals surface area contributed by atoms with Crippen molar-refractivity contribution < 1.29 is 27.8 Å². The Kier molecular flexibility index (Phi) is 3.20. The van der Waals surface area contributed by atoms with Crippen LogP contribution in [-0.2, 0) is 9.47 Å². The molecule has 5 nitrogen and oxygen atoms in total. The lowest BCUT2D eigenvalue weighted by molar-refractivity contribution is -0.186. The van der Waals surface area contributed by atoms with Crippen LogP contribution in [0.15, 0.2) is 11.5 Å². The fourth-order valence-corrected chi connectivity index (χ4v) is 1.92. The topological polar surface area (TPSA) is 54.0 Å². The van der Waals surface area contributed by atoms with Crippen LogP contribution in [0.5, 0.6) is 0 Å². The van der Waals surface area contributed by atoms with E-state index in [0.29, 0.717) is 13.2 Å². The molecule has 1 saturated heterocycles. The van der Waals surface area contributed by atoms with Gasteiger partial charge in [-0.05, 0) is 6.92 Å². The highest BCUT2D eigenvalue weighted by Crippen LogP contribution is 2.41. The molecule has 2 aliphatic rings. The molecule has 0 aromatic carbocycles. The molecule has 0 saturated carbocycles. The van der Waals surface area contributed by atoms with E-state index in [1.807, 2.05) is 0 Å². The third-order valence-corrected chi connectivity index (χ3v) is 3.17. The van der Waals surface area contributed by atoms with Gasteiger partial charge in [-0.2, -0.15) is 13.2 Å². The smallest absolute Gasteiger partial charge is 0.412 e. The number of aliphatic hydroxyl groups excluding tert-OH is 1. The number of nitrogens with one attached hydrogen (secondary N) is 1.